The van der Waals surface area contributed by atoms with Crippen molar-refractivity contribution in [3.8, 4) is 27.9 Å². The first kappa shape index (κ1) is 37.2. The molecule has 9 aromatic carbocycles. The number of benzene rings is 9. The Morgan fingerprint density at radius 1 is 0.477 bits per heavy atom. The molecule has 0 radical (unpaired) electrons. The lowest BCUT2D eigenvalue weighted by Gasteiger charge is -2.28. The van der Waals surface area contributed by atoms with Gasteiger partial charge in [-0.25, -0.2) is 0 Å². The maximum absolute atomic E-state index is 6.55. The lowest BCUT2D eigenvalue weighted by molar-refractivity contribution is 0.672. The van der Waals surface area contributed by atoms with Crippen molar-refractivity contribution in [1.29, 1.82) is 0 Å². The van der Waals surface area contributed by atoms with Gasteiger partial charge in [0.1, 0.15) is 11.2 Å². The van der Waals surface area contributed by atoms with Crippen LogP contribution in [0.5, 0.6) is 0 Å². The maximum Gasteiger partial charge on any atom is 0.143 e. The third kappa shape index (κ3) is 6.19. The van der Waals surface area contributed by atoms with Crippen molar-refractivity contribution in [3.05, 3.63) is 248 Å². The molecule has 0 saturated carbocycles. The number of furan rings is 1. The Bertz CT molecular complexity index is 3740. The molecule has 0 fully saturated rings. The molecule has 0 spiro atoms. The van der Waals surface area contributed by atoms with Gasteiger partial charge in [0.05, 0.1) is 16.7 Å². The van der Waals surface area contributed by atoms with Gasteiger partial charge in [0.25, 0.3) is 0 Å². The van der Waals surface area contributed by atoms with Crippen molar-refractivity contribution < 1.29 is 4.42 Å². The number of allylic oxidation sites excluding steroid dienone is 8. The van der Waals surface area contributed by atoms with Gasteiger partial charge in [0, 0.05) is 55.5 Å². The molecule has 2 heterocycles. The second-order valence-corrected chi connectivity index (χ2v) is 17.2. The monoisotopic (exact) mass is 830 g/mol. The summed E-state index contributed by atoms with van der Waals surface area (Å²) in [5.41, 5.74) is 17.1. The topological polar surface area (TPSA) is 21.3 Å². The highest BCUT2D eigenvalue weighted by Crippen LogP contribution is 2.45. The lowest BCUT2D eigenvalue weighted by atomic mass is 9.82. The predicted molar refractivity (Wildman–Crippen MR) is 274 cm³/mol. The molecule has 2 aromatic heterocycles. The first-order valence-electron chi connectivity index (χ1n) is 22.5. The van der Waals surface area contributed by atoms with Crippen LogP contribution in [-0.4, -0.2) is 4.57 Å². The Kier molecular flexibility index (Phi) is 8.67. The lowest BCUT2D eigenvalue weighted by Crippen LogP contribution is -2.11. The van der Waals surface area contributed by atoms with E-state index in [2.05, 4.69) is 246 Å². The van der Waals surface area contributed by atoms with Gasteiger partial charge in [-0.3, -0.25) is 0 Å². The highest BCUT2D eigenvalue weighted by Gasteiger charge is 2.22. The summed E-state index contributed by atoms with van der Waals surface area (Å²) in [5, 5.41) is 7.07. The second-order valence-electron chi connectivity index (χ2n) is 17.2. The number of nitrogens with zero attached hydrogens (tertiary/aromatic N) is 2. The molecule has 65 heavy (non-hydrogen) atoms. The molecule has 13 rings (SSSR count). The summed E-state index contributed by atoms with van der Waals surface area (Å²) in [6.07, 6.45) is 14.6. The molecular weight excluding hydrogens is 789 g/mol. The Labute approximate surface area is 377 Å². The average Bonchev–Trinajstić information content (AvgIpc) is 3.93. The normalized spacial score (nSPS) is 14.6. The summed E-state index contributed by atoms with van der Waals surface area (Å²) in [7, 11) is 0. The van der Waals surface area contributed by atoms with Crippen molar-refractivity contribution >= 4 is 77.2 Å². The van der Waals surface area contributed by atoms with Gasteiger partial charge in [-0.05, 0) is 118 Å². The zero-order valence-electron chi connectivity index (χ0n) is 35.6. The molecule has 2 aliphatic rings. The van der Waals surface area contributed by atoms with E-state index >= 15 is 0 Å². The van der Waals surface area contributed by atoms with Crippen molar-refractivity contribution in [2.24, 2.45) is 5.92 Å². The van der Waals surface area contributed by atoms with E-state index in [0.717, 1.165) is 73.2 Å². The van der Waals surface area contributed by atoms with Crippen molar-refractivity contribution in [2.75, 3.05) is 4.90 Å². The first-order valence-corrected chi connectivity index (χ1v) is 22.5. The quantitative estimate of drug-likeness (QED) is 0.160. The minimum absolute atomic E-state index is 0.424. The molecule has 3 heteroatoms. The third-order valence-electron chi connectivity index (χ3n) is 13.5. The van der Waals surface area contributed by atoms with Crippen LogP contribution < -0.4 is 4.90 Å². The Hall–Kier alpha value is -8.40. The SMILES string of the molecule is C1=CC2=C(c3ccc(N(c4ccc(-c5cccc(-n6c7ccccc7c7ccccc76)c5)cc4)c4ccccc4-c4ccc5oc6c7ccccc7ccc6c5c4)cc3)C=CCC2C=C1. The van der Waals surface area contributed by atoms with E-state index in [1.165, 1.54) is 49.5 Å². The molecule has 1 atom stereocenters. The van der Waals surface area contributed by atoms with E-state index in [0.29, 0.717) is 5.92 Å². The van der Waals surface area contributed by atoms with Crippen LogP contribution in [-0.2, 0) is 0 Å². The fraction of sp³-hybridized carbons (Fsp3) is 0.0323. The van der Waals surface area contributed by atoms with Gasteiger partial charge in [0.2, 0.25) is 0 Å². The van der Waals surface area contributed by atoms with E-state index < -0.39 is 0 Å². The van der Waals surface area contributed by atoms with E-state index in [9.17, 15) is 0 Å². The highest BCUT2D eigenvalue weighted by molar-refractivity contribution is 6.16. The molecule has 11 aromatic rings. The average molecular weight is 831 g/mol. The third-order valence-corrected chi connectivity index (χ3v) is 13.5. The molecule has 0 saturated heterocycles. The Morgan fingerprint density at radius 3 is 1.97 bits per heavy atom. The van der Waals surface area contributed by atoms with Gasteiger partial charge in [-0.15, -0.1) is 0 Å². The second kappa shape index (κ2) is 15.1. The van der Waals surface area contributed by atoms with Crippen LogP contribution in [0.2, 0.25) is 0 Å². The minimum Gasteiger partial charge on any atom is -0.455 e. The maximum atomic E-state index is 6.55. The number of aromatic nitrogens is 1. The molecule has 0 bridgehead atoms. The fourth-order valence-electron chi connectivity index (χ4n) is 10.4. The zero-order valence-corrected chi connectivity index (χ0v) is 35.6. The summed E-state index contributed by atoms with van der Waals surface area (Å²) in [5.74, 6) is 0.424. The highest BCUT2D eigenvalue weighted by atomic mass is 16.3. The van der Waals surface area contributed by atoms with Crippen LogP contribution in [0.15, 0.2) is 247 Å². The minimum atomic E-state index is 0.424. The fourth-order valence-corrected chi connectivity index (χ4v) is 10.4. The molecule has 1 unspecified atom stereocenters. The summed E-state index contributed by atoms with van der Waals surface area (Å²) in [6.45, 7) is 0. The molecule has 0 N–H and O–H groups in total. The Balaban J connectivity index is 0.928. The molecular formula is C62H42N2O. The van der Waals surface area contributed by atoms with Crippen LogP contribution in [0, 0.1) is 5.92 Å². The molecule has 0 aliphatic heterocycles. The predicted octanol–water partition coefficient (Wildman–Crippen LogP) is 17.1. The summed E-state index contributed by atoms with van der Waals surface area (Å²) >= 11 is 0. The van der Waals surface area contributed by atoms with Crippen molar-refractivity contribution in [3.63, 3.8) is 0 Å². The summed E-state index contributed by atoms with van der Waals surface area (Å²) in [6, 6.07) is 72.8. The van der Waals surface area contributed by atoms with E-state index in [1.807, 2.05) is 0 Å². The van der Waals surface area contributed by atoms with E-state index in [4.69, 9.17) is 4.42 Å². The molecule has 2 aliphatic carbocycles. The van der Waals surface area contributed by atoms with Gasteiger partial charge in [-0.2, -0.15) is 0 Å². The van der Waals surface area contributed by atoms with Gasteiger partial charge in [0.15, 0.2) is 0 Å². The van der Waals surface area contributed by atoms with Gasteiger partial charge in [-0.1, -0.05) is 164 Å². The van der Waals surface area contributed by atoms with Crippen LogP contribution in [0.4, 0.5) is 17.1 Å². The van der Waals surface area contributed by atoms with Gasteiger partial charge >= 0.3 is 0 Å². The molecule has 3 nitrogen and oxygen atoms in total. The first-order chi connectivity index (χ1) is 32.2. The Morgan fingerprint density at radius 2 is 1.17 bits per heavy atom. The van der Waals surface area contributed by atoms with E-state index in [-0.39, 0.29) is 0 Å². The number of para-hydroxylation sites is 3. The van der Waals surface area contributed by atoms with Crippen LogP contribution >= 0.6 is 0 Å². The standard InChI is InChI=1S/C62H42N2O/c1-3-18-50-42(13-1)15-12-23-51(50)44-29-35-48(36-30-44)63(58-24-8-5-19-52(58)46-32-38-61-57(40-46)56-37-31-43-14-2-4-20-53(43)62(56)65-61)47-33-27-41(28-34-47)45-16-11-17-49(39-45)64-59-25-9-6-21-54(59)55-22-7-10-26-60(55)64/h1-14,16-40,42H,15H2. The van der Waals surface area contributed by atoms with Crippen LogP contribution in [0.25, 0.3) is 88.0 Å². The van der Waals surface area contributed by atoms with Crippen LogP contribution in [0.1, 0.15) is 12.0 Å². The smallest absolute Gasteiger partial charge is 0.143 e. The number of fused-ring (bicyclic) bond motifs is 9. The largest absolute Gasteiger partial charge is 0.455 e. The van der Waals surface area contributed by atoms with Crippen molar-refractivity contribution in [2.45, 2.75) is 6.42 Å². The summed E-state index contributed by atoms with van der Waals surface area (Å²) < 4.78 is 8.94. The van der Waals surface area contributed by atoms with E-state index in [1.54, 1.807) is 0 Å². The number of rotatable bonds is 7. The van der Waals surface area contributed by atoms with Crippen LogP contribution in [0.3, 0.4) is 0 Å². The zero-order chi connectivity index (χ0) is 42.8. The van der Waals surface area contributed by atoms with Gasteiger partial charge < -0.3 is 13.9 Å². The van der Waals surface area contributed by atoms with Crippen molar-refractivity contribution in [1.82, 2.24) is 4.57 Å². The molecule has 306 valence electrons. The number of hydrogen-bond acceptors (Lipinski definition) is 2. The molecule has 0 amide bonds. The summed E-state index contributed by atoms with van der Waals surface area (Å²) in [4.78, 5) is 2.41. The number of hydrogen-bond donors (Lipinski definition) is 0. The number of anilines is 3.